The molecule has 3 nitrogen and oxygen atoms in total. The minimum Gasteiger partial charge on any atom is -0.478 e. The third-order valence-electron chi connectivity index (χ3n) is 1.67. The second-order valence-electron chi connectivity index (χ2n) is 2.72. The highest BCUT2D eigenvalue weighted by Gasteiger charge is 1.94. The summed E-state index contributed by atoms with van der Waals surface area (Å²) in [7, 11) is 0. The van der Waals surface area contributed by atoms with Crippen molar-refractivity contribution >= 4 is 0 Å². The highest BCUT2D eigenvalue weighted by molar-refractivity contribution is 5.17. The Morgan fingerprint density at radius 2 is 2.23 bits per heavy atom. The van der Waals surface area contributed by atoms with Crippen LogP contribution < -0.4 is 10.1 Å². The summed E-state index contributed by atoms with van der Waals surface area (Å²) in [5, 5.41) is 3.24. The number of nitrogens with one attached hydrogen (secondary N) is 1. The molecule has 0 aliphatic heterocycles. The normalized spacial score (nSPS) is 10.0. The molecule has 1 heterocycles. The number of hydrogen-bond donors (Lipinski definition) is 1. The molecule has 0 aromatic carbocycles. The topological polar surface area (TPSA) is 34.1 Å². The second-order valence-corrected chi connectivity index (χ2v) is 2.72. The van der Waals surface area contributed by atoms with E-state index in [0.717, 1.165) is 13.1 Å². The Morgan fingerprint density at radius 3 is 2.77 bits per heavy atom. The van der Waals surface area contributed by atoms with Crippen LogP contribution in [0.2, 0.25) is 0 Å². The van der Waals surface area contributed by atoms with E-state index in [1.165, 1.54) is 5.56 Å². The van der Waals surface area contributed by atoms with Gasteiger partial charge in [0.25, 0.3) is 0 Å². The van der Waals surface area contributed by atoms with Gasteiger partial charge < -0.3 is 10.1 Å². The number of aromatic nitrogens is 1. The fraction of sp³-hybridized carbons (Fsp3) is 0.500. The van der Waals surface area contributed by atoms with Gasteiger partial charge in [-0.15, -0.1) is 0 Å². The Morgan fingerprint density at radius 1 is 1.38 bits per heavy atom. The Hall–Kier alpha value is -1.09. The third-order valence-corrected chi connectivity index (χ3v) is 1.67. The van der Waals surface area contributed by atoms with Crippen LogP contribution in [-0.4, -0.2) is 18.1 Å². The lowest BCUT2D eigenvalue weighted by Gasteiger charge is -2.03. The van der Waals surface area contributed by atoms with E-state index in [9.17, 15) is 0 Å². The van der Waals surface area contributed by atoms with Crippen LogP contribution in [0.15, 0.2) is 18.3 Å². The monoisotopic (exact) mass is 180 g/mol. The zero-order valence-corrected chi connectivity index (χ0v) is 8.21. The van der Waals surface area contributed by atoms with E-state index in [-0.39, 0.29) is 0 Å². The molecule has 0 spiro atoms. The Labute approximate surface area is 79.1 Å². The van der Waals surface area contributed by atoms with E-state index in [4.69, 9.17) is 4.74 Å². The van der Waals surface area contributed by atoms with Crippen LogP contribution in [0.5, 0.6) is 5.88 Å². The zero-order valence-electron chi connectivity index (χ0n) is 8.21. The van der Waals surface area contributed by atoms with Crippen molar-refractivity contribution in [3.63, 3.8) is 0 Å². The lowest BCUT2D eigenvalue weighted by molar-refractivity contribution is 0.326. The van der Waals surface area contributed by atoms with Crippen molar-refractivity contribution in [3.8, 4) is 5.88 Å². The number of ether oxygens (including phenoxy) is 1. The lowest BCUT2D eigenvalue weighted by Crippen LogP contribution is -2.11. The molecule has 0 saturated carbocycles. The zero-order chi connectivity index (χ0) is 9.52. The molecule has 0 saturated heterocycles. The van der Waals surface area contributed by atoms with Crippen molar-refractivity contribution in [2.24, 2.45) is 0 Å². The SMILES string of the molecule is CCNCc1ccc(OCC)nc1. The van der Waals surface area contributed by atoms with Crippen molar-refractivity contribution in [2.45, 2.75) is 20.4 Å². The van der Waals surface area contributed by atoms with Gasteiger partial charge in [-0.1, -0.05) is 13.0 Å². The van der Waals surface area contributed by atoms with Gasteiger partial charge in [0.15, 0.2) is 0 Å². The number of nitrogens with zero attached hydrogens (tertiary/aromatic N) is 1. The molecule has 0 fully saturated rings. The van der Waals surface area contributed by atoms with Gasteiger partial charge in [-0.2, -0.15) is 0 Å². The molecule has 1 N–H and O–H groups in total. The molecule has 72 valence electrons. The van der Waals surface area contributed by atoms with Crippen LogP contribution >= 0.6 is 0 Å². The summed E-state index contributed by atoms with van der Waals surface area (Å²) in [5.41, 5.74) is 1.19. The highest BCUT2D eigenvalue weighted by Crippen LogP contribution is 2.06. The third kappa shape index (κ3) is 3.42. The van der Waals surface area contributed by atoms with Crippen LogP contribution in [0, 0.1) is 0 Å². The summed E-state index contributed by atoms with van der Waals surface area (Å²) in [4.78, 5) is 4.16. The molecular weight excluding hydrogens is 164 g/mol. The van der Waals surface area contributed by atoms with E-state index < -0.39 is 0 Å². The van der Waals surface area contributed by atoms with Gasteiger partial charge in [0, 0.05) is 18.8 Å². The van der Waals surface area contributed by atoms with Gasteiger partial charge in [0.05, 0.1) is 6.61 Å². The Bertz CT molecular complexity index is 233. The van der Waals surface area contributed by atoms with Crippen LogP contribution in [0.3, 0.4) is 0 Å². The summed E-state index contributed by atoms with van der Waals surface area (Å²) in [6, 6.07) is 3.93. The van der Waals surface area contributed by atoms with Gasteiger partial charge >= 0.3 is 0 Å². The molecule has 0 radical (unpaired) electrons. The Balaban J connectivity index is 2.48. The number of hydrogen-bond acceptors (Lipinski definition) is 3. The van der Waals surface area contributed by atoms with Crippen LogP contribution in [0.25, 0.3) is 0 Å². The van der Waals surface area contributed by atoms with Gasteiger partial charge in [-0.05, 0) is 19.0 Å². The van der Waals surface area contributed by atoms with Crippen molar-refractivity contribution in [1.29, 1.82) is 0 Å². The first kappa shape index (κ1) is 9.99. The number of pyridine rings is 1. The van der Waals surface area contributed by atoms with Gasteiger partial charge in [-0.3, -0.25) is 0 Å². The molecule has 0 atom stereocenters. The van der Waals surface area contributed by atoms with Crippen molar-refractivity contribution < 1.29 is 4.74 Å². The van der Waals surface area contributed by atoms with Gasteiger partial charge in [0.1, 0.15) is 0 Å². The van der Waals surface area contributed by atoms with Crippen molar-refractivity contribution in [1.82, 2.24) is 10.3 Å². The molecule has 0 bridgehead atoms. The highest BCUT2D eigenvalue weighted by atomic mass is 16.5. The summed E-state index contributed by atoms with van der Waals surface area (Å²) in [6.45, 7) is 6.55. The fourth-order valence-electron chi connectivity index (χ4n) is 1.02. The minimum atomic E-state index is 0.666. The first-order valence-corrected chi connectivity index (χ1v) is 4.65. The second kappa shape index (κ2) is 5.54. The maximum atomic E-state index is 5.23. The van der Waals surface area contributed by atoms with E-state index in [1.807, 2.05) is 25.3 Å². The average Bonchev–Trinajstić information content (AvgIpc) is 2.17. The van der Waals surface area contributed by atoms with E-state index in [2.05, 4.69) is 17.2 Å². The summed E-state index contributed by atoms with van der Waals surface area (Å²) < 4.78 is 5.23. The molecule has 1 rings (SSSR count). The van der Waals surface area contributed by atoms with Crippen LogP contribution in [0.1, 0.15) is 19.4 Å². The molecule has 0 aliphatic carbocycles. The first-order chi connectivity index (χ1) is 6.36. The fourth-order valence-corrected chi connectivity index (χ4v) is 1.02. The quantitative estimate of drug-likeness (QED) is 0.747. The molecule has 0 aliphatic rings. The smallest absolute Gasteiger partial charge is 0.213 e. The molecule has 0 amide bonds. The van der Waals surface area contributed by atoms with E-state index in [1.54, 1.807) is 0 Å². The molecule has 3 heteroatoms. The van der Waals surface area contributed by atoms with Crippen LogP contribution in [-0.2, 0) is 6.54 Å². The molecule has 13 heavy (non-hydrogen) atoms. The van der Waals surface area contributed by atoms with E-state index in [0.29, 0.717) is 12.5 Å². The van der Waals surface area contributed by atoms with Gasteiger partial charge in [0.2, 0.25) is 5.88 Å². The van der Waals surface area contributed by atoms with E-state index >= 15 is 0 Å². The maximum absolute atomic E-state index is 5.23. The summed E-state index contributed by atoms with van der Waals surface area (Å²) in [6.07, 6.45) is 1.84. The first-order valence-electron chi connectivity index (χ1n) is 4.65. The average molecular weight is 180 g/mol. The largest absolute Gasteiger partial charge is 0.478 e. The molecule has 0 unspecified atom stereocenters. The standard InChI is InChI=1S/C10H16N2O/c1-3-11-7-9-5-6-10(12-8-9)13-4-2/h5-6,8,11H,3-4,7H2,1-2H3. The minimum absolute atomic E-state index is 0.666. The van der Waals surface area contributed by atoms with Crippen molar-refractivity contribution in [2.75, 3.05) is 13.2 Å². The predicted molar refractivity (Wildman–Crippen MR) is 52.8 cm³/mol. The van der Waals surface area contributed by atoms with Crippen molar-refractivity contribution in [3.05, 3.63) is 23.9 Å². The summed E-state index contributed by atoms with van der Waals surface area (Å²) >= 11 is 0. The predicted octanol–water partition coefficient (Wildman–Crippen LogP) is 1.59. The lowest BCUT2D eigenvalue weighted by atomic mass is 10.3. The molecular formula is C10H16N2O. The Kier molecular flexibility index (Phi) is 4.26. The molecule has 1 aromatic rings. The summed E-state index contributed by atoms with van der Waals surface area (Å²) in [5.74, 6) is 0.697. The number of rotatable bonds is 5. The van der Waals surface area contributed by atoms with Crippen LogP contribution in [0.4, 0.5) is 0 Å². The molecule has 1 aromatic heterocycles. The maximum Gasteiger partial charge on any atom is 0.213 e. The van der Waals surface area contributed by atoms with Gasteiger partial charge in [-0.25, -0.2) is 4.98 Å².